The van der Waals surface area contributed by atoms with E-state index in [4.69, 9.17) is 16.1 Å². The molecule has 126 valence electrons. The molecular formula is C16H17ClN4O3. The van der Waals surface area contributed by atoms with Gasteiger partial charge in [-0.2, -0.15) is 0 Å². The number of halogens is 1. The van der Waals surface area contributed by atoms with Gasteiger partial charge in [0, 0.05) is 43.0 Å². The smallest absolute Gasteiger partial charge is 0.321 e. The van der Waals surface area contributed by atoms with Crippen molar-refractivity contribution in [1.29, 1.82) is 0 Å². The Morgan fingerprint density at radius 3 is 2.38 bits per heavy atom. The van der Waals surface area contributed by atoms with Crippen molar-refractivity contribution in [2.24, 2.45) is 0 Å². The number of urea groups is 1. The number of nitrogens with zero attached hydrogens (tertiary/aromatic N) is 3. The van der Waals surface area contributed by atoms with Crippen LogP contribution >= 0.6 is 11.6 Å². The molecule has 1 fully saturated rings. The molecule has 1 aliphatic heterocycles. The van der Waals surface area contributed by atoms with Gasteiger partial charge < -0.3 is 19.6 Å². The summed E-state index contributed by atoms with van der Waals surface area (Å²) in [5.41, 5.74) is 1.30. The minimum Gasteiger partial charge on any atom is -0.364 e. The van der Waals surface area contributed by atoms with Crippen molar-refractivity contribution in [3.63, 3.8) is 0 Å². The highest BCUT2D eigenvalue weighted by atomic mass is 35.5. The standard InChI is InChI=1S/C16H17ClN4O3/c17-12-1-3-13(4-2-12)18-16(23)21-8-6-20(7-9-21)15(22)11-14-5-10-24-19-14/h1-5,10H,6-9,11H2,(H,18,23). The van der Waals surface area contributed by atoms with Crippen LogP contribution in [0.1, 0.15) is 5.69 Å². The predicted molar refractivity (Wildman–Crippen MR) is 88.8 cm³/mol. The minimum atomic E-state index is -0.180. The lowest BCUT2D eigenvalue weighted by molar-refractivity contribution is -0.131. The SMILES string of the molecule is O=C(Cc1ccon1)N1CCN(C(=O)Nc2ccc(Cl)cc2)CC1. The number of carbonyl (C=O) groups is 2. The Bertz CT molecular complexity index is 695. The number of aromatic nitrogens is 1. The van der Waals surface area contributed by atoms with Crippen LogP contribution < -0.4 is 5.32 Å². The molecule has 0 unspecified atom stereocenters. The van der Waals surface area contributed by atoms with Crippen molar-refractivity contribution >= 4 is 29.2 Å². The number of benzene rings is 1. The molecule has 1 saturated heterocycles. The van der Waals surface area contributed by atoms with E-state index >= 15 is 0 Å². The second-order valence-electron chi connectivity index (χ2n) is 5.47. The first-order valence-corrected chi connectivity index (χ1v) is 7.98. The average molecular weight is 349 g/mol. The van der Waals surface area contributed by atoms with Gasteiger partial charge in [-0.05, 0) is 24.3 Å². The fraction of sp³-hybridized carbons (Fsp3) is 0.312. The van der Waals surface area contributed by atoms with E-state index in [9.17, 15) is 9.59 Å². The van der Waals surface area contributed by atoms with Gasteiger partial charge in [-0.1, -0.05) is 16.8 Å². The second-order valence-corrected chi connectivity index (χ2v) is 5.91. The van der Waals surface area contributed by atoms with Crippen LogP contribution in [-0.4, -0.2) is 53.1 Å². The summed E-state index contributed by atoms with van der Waals surface area (Å²) in [6, 6.07) is 8.43. The highest BCUT2D eigenvalue weighted by molar-refractivity contribution is 6.30. The molecule has 3 amide bonds. The van der Waals surface area contributed by atoms with Crippen molar-refractivity contribution in [3.8, 4) is 0 Å². The van der Waals surface area contributed by atoms with E-state index < -0.39 is 0 Å². The summed E-state index contributed by atoms with van der Waals surface area (Å²) in [5.74, 6) is -0.0124. The fourth-order valence-electron chi connectivity index (χ4n) is 2.49. The first-order valence-electron chi connectivity index (χ1n) is 7.60. The molecule has 3 rings (SSSR count). The van der Waals surface area contributed by atoms with Gasteiger partial charge in [0.15, 0.2) is 0 Å². The van der Waals surface area contributed by atoms with Crippen molar-refractivity contribution in [3.05, 3.63) is 47.3 Å². The molecule has 0 atom stereocenters. The van der Waals surface area contributed by atoms with Crippen LogP contribution in [-0.2, 0) is 11.2 Å². The van der Waals surface area contributed by atoms with Gasteiger partial charge in [0.1, 0.15) is 6.26 Å². The maximum atomic E-state index is 12.2. The molecule has 0 spiro atoms. The monoisotopic (exact) mass is 348 g/mol. The van der Waals surface area contributed by atoms with Crippen LogP contribution in [0.25, 0.3) is 0 Å². The summed E-state index contributed by atoms with van der Waals surface area (Å²) in [6.07, 6.45) is 1.66. The molecule has 0 saturated carbocycles. The van der Waals surface area contributed by atoms with E-state index in [-0.39, 0.29) is 18.4 Å². The van der Waals surface area contributed by atoms with E-state index in [0.717, 1.165) is 0 Å². The van der Waals surface area contributed by atoms with Crippen molar-refractivity contribution in [1.82, 2.24) is 15.0 Å². The van der Waals surface area contributed by atoms with E-state index in [1.54, 1.807) is 40.1 Å². The summed E-state index contributed by atoms with van der Waals surface area (Å²) in [4.78, 5) is 27.8. The zero-order valence-electron chi connectivity index (χ0n) is 12.9. The zero-order chi connectivity index (χ0) is 16.9. The summed E-state index contributed by atoms with van der Waals surface area (Å²) >= 11 is 5.82. The summed E-state index contributed by atoms with van der Waals surface area (Å²) in [6.45, 7) is 1.99. The molecular weight excluding hydrogens is 332 g/mol. The molecule has 1 aromatic carbocycles. The van der Waals surface area contributed by atoms with Crippen LogP contribution in [0.3, 0.4) is 0 Å². The third-order valence-corrected chi connectivity index (χ3v) is 4.09. The Labute approximate surface area is 144 Å². The van der Waals surface area contributed by atoms with E-state index in [1.807, 2.05) is 0 Å². The molecule has 7 nitrogen and oxygen atoms in total. The number of hydrogen-bond donors (Lipinski definition) is 1. The molecule has 2 heterocycles. The molecule has 2 aromatic rings. The number of amides is 3. The Balaban J connectivity index is 1.48. The van der Waals surface area contributed by atoms with Gasteiger partial charge >= 0.3 is 6.03 Å². The molecule has 24 heavy (non-hydrogen) atoms. The van der Waals surface area contributed by atoms with Gasteiger partial charge in [-0.3, -0.25) is 4.79 Å². The van der Waals surface area contributed by atoms with Crippen LogP contribution in [0.2, 0.25) is 5.02 Å². The van der Waals surface area contributed by atoms with Crippen LogP contribution in [0.15, 0.2) is 41.1 Å². The molecule has 1 aromatic heterocycles. The number of piperazine rings is 1. The van der Waals surface area contributed by atoms with Gasteiger partial charge in [-0.15, -0.1) is 0 Å². The fourth-order valence-corrected chi connectivity index (χ4v) is 2.62. The third-order valence-electron chi connectivity index (χ3n) is 3.84. The lowest BCUT2D eigenvalue weighted by atomic mass is 10.2. The molecule has 0 bridgehead atoms. The third kappa shape index (κ3) is 4.05. The maximum Gasteiger partial charge on any atom is 0.321 e. The van der Waals surface area contributed by atoms with E-state index in [0.29, 0.717) is 42.6 Å². The normalized spacial score (nSPS) is 14.5. The first kappa shape index (κ1) is 16.3. The number of anilines is 1. The minimum absolute atomic E-state index is 0.0124. The van der Waals surface area contributed by atoms with Gasteiger partial charge in [0.2, 0.25) is 5.91 Å². The highest BCUT2D eigenvalue weighted by Crippen LogP contribution is 2.14. The Morgan fingerprint density at radius 2 is 1.75 bits per heavy atom. The van der Waals surface area contributed by atoms with Crippen LogP contribution in [0, 0.1) is 0 Å². The molecule has 1 aliphatic rings. The Hall–Kier alpha value is -2.54. The number of carbonyl (C=O) groups excluding carboxylic acids is 2. The quantitative estimate of drug-likeness (QED) is 0.922. The second kappa shape index (κ2) is 7.35. The number of rotatable bonds is 3. The van der Waals surface area contributed by atoms with Crippen molar-refractivity contribution in [2.45, 2.75) is 6.42 Å². The zero-order valence-corrected chi connectivity index (χ0v) is 13.7. The van der Waals surface area contributed by atoms with Gasteiger partial charge in [0.25, 0.3) is 0 Å². The van der Waals surface area contributed by atoms with E-state index in [1.165, 1.54) is 6.26 Å². The topological polar surface area (TPSA) is 78.7 Å². The first-order chi connectivity index (χ1) is 11.6. The lowest BCUT2D eigenvalue weighted by Gasteiger charge is -2.34. The Kier molecular flexibility index (Phi) is 5.00. The van der Waals surface area contributed by atoms with Crippen LogP contribution in [0.5, 0.6) is 0 Å². The van der Waals surface area contributed by atoms with Crippen molar-refractivity contribution in [2.75, 3.05) is 31.5 Å². The highest BCUT2D eigenvalue weighted by Gasteiger charge is 2.24. The summed E-state index contributed by atoms with van der Waals surface area (Å²) in [7, 11) is 0. The largest absolute Gasteiger partial charge is 0.364 e. The maximum absolute atomic E-state index is 12.2. The molecule has 1 N–H and O–H groups in total. The van der Waals surface area contributed by atoms with Crippen molar-refractivity contribution < 1.29 is 14.1 Å². The van der Waals surface area contributed by atoms with Gasteiger partial charge in [0.05, 0.1) is 12.1 Å². The summed E-state index contributed by atoms with van der Waals surface area (Å²) in [5, 5.41) is 7.18. The van der Waals surface area contributed by atoms with Crippen LogP contribution in [0.4, 0.5) is 10.5 Å². The molecule has 8 heteroatoms. The number of hydrogen-bond acceptors (Lipinski definition) is 4. The Morgan fingerprint density at radius 1 is 1.08 bits per heavy atom. The molecule has 0 aliphatic carbocycles. The predicted octanol–water partition coefficient (Wildman–Crippen LogP) is 2.25. The van der Waals surface area contributed by atoms with E-state index in [2.05, 4.69) is 10.5 Å². The average Bonchev–Trinajstić information content (AvgIpc) is 3.10. The van der Waals surface area contributed by atoms with Gasteiger partial charge in [-0.25, -0.2) is 4.79 Å². The summed E-state index contributed by atoms with van der Waals surface area (Å²) < 4.78 is 4.73. The molecule has 0 radical (unpaired) electrons. The number of nitrogens with one attached hydrogen (secondary N) is 1. The lowest BCUT2D eigenvalue weighted by Crippen LogP contribution is -2.52.